The summed E-state index contributed by atoms with van der Waals surface area (Å²) in [6.07, 6.45) is 9.79. The molecule has 4 N–H and O–H groups in total. The number of alkyl carbamates (subject to hydrolysis) is 1. The molecule has 1 aromatic rings. The van der Waals surface area contributed by atoms with Crippen LogP contribution in [0.1, 0.15) is 82.6 Å². The van der Waals surface area contributed by atoms with Crippen molar-refractivity contribution >= 4 is 23.9 Å². The van der Waals surface area contributed by atoms with Crippen molar-refractivity contribution in [3.8, 4) is 0 Å². The van der Waals surface area contributed by atoms with Crippen LogP contribution in [0.5, 0.6) is 0 Å². The van der Waals surface area contributed by atoms with Gasteiger partial charge < -0.3 is 30.5 Å². The number of carbonyl (C=O) groups excluding carboxylic acids is 4. The molecule has 1 fully saturated rings. The number of benzene rings is 1. The van der Waals surface area contributed by atoms with Crippen LogP contribution in [-0.4, -0.2) is 60.3 Å². The molecule has 0 spiro atoms. The molecule has 2 rings (SSSR count). The number of esters is 1. The van der Waals surface area contributed by atoms with Crippen LogP contribution < -0.4 is 16.0 Å². The van der Waals surface area contributed by atoms with E-state index in [-0.39, 0.29) is 50.4 Å². The molecule has 3 amide bonds. The highest BCUT2D eigenvalue weighted by Gasteiger charge is 2.35. The van der Waals surface area contributed by atoms with E-state index in [0.29, 0.717) is 57.9 Å². The van der Waals surface area contributed by atoms with Gasteiger partial charge in [-0.25, -0.2) is 4.79 Å². The second kappa shape index (κ2) is 20.3. The number of nitrogens with one attached hydrogen (secondary N) is 3. The fourth-order valence-electron chi connectivity index (χ4n) is 5.08. The van der Waals surface area contributed by atoms with Crippen LogP contribution in [0, 0.1) is 5.92 Å². The molecule has 238 valence electrons. The molecule has 0 aromatic heterocycles. The van der Waals surface area contributed by atoms with Crippen molar-refractivity contribution in [1.82, 2.24) is 16.0 Å². The Morgan fingerprint density at radius 2 is 1.74 bits per heavy atom. The highest BCUT2D eigenvalue weighted by atomic mass is 16.5. The Morgan fingerprint density at radius 3 is 2.42 bits per heavy atom. The Morgan fingerprint density at radius 1 is 1.00 bits per heavy atom. The van der Waals surface area contributed by atoms with Crippen molar-refractivity contribution in [2.24, 2.45) is 5.92 Å². The Kier molecular flexibility index (Phi) is 16.8. The summed E-state index contributed by atoms with van der Waals surface area (Å²) in [7, 11) is 0. The number of allylic oxidation sites excluding steroid dienone is 2. The average Bonchev–Trinajstić information content (AvgIpc) is 3.47. The van der Waals surface area contributed by atoms with Gasteiger partial charge in [0, 0.05) is 19.4 Å². The smallest absolute Gasteiger partial charge is 0.407 e. The highest BCUT2D eigenvalue weighted by molar-refractivity contribution is 5.86. The maximum atomic E-state index is 13.3. The van der Waals surface area contributed by atoms with E-state index in [0.717, 1.165) is 18.4 Å². The van der Waals surface area contributed by atoms with Gasteiger partial charge in [0.1, 0.15) is 13.2 Å². The van der Waals surface area contributed by atoms with Crippen molar-refractivity contribution in [2.75, 3.05) is 19.8 Å². The summed E-state index contributed by atoms with van der Waals surface area (Å²) in [6, 6.07) is 8.94. The first-order valence-corrected chi connectivity index (χ1v) is 15.3. The van der Waals surface area contributed by atoms with Crippen molar-refractivity contribution < 1.29 is 33.8 Å². The van der Waals surface area contributed by atoms with Crippen molar-refractivity contribution in [2.45, 2.75) is 95.2 Å². The Bertz CT molecular complexity index is 1020. The van der Waals surface area contributed by atoms with Crippen LogP contribution >= 0.6 is 0 Å². The van der Waals surface area contributed by atoms with E-state index in [1.165, 1.54) is 0 Å². The Hall–Kier alpha value is -3.66. The lowest BCUT2D eigenvalue weighted by atomic mass is 9.95. The van der Waals surface area contributed by atoms with Gasteiger partial charge in [0.15, 0.2) is 0 Å². The second-order valence-electron chi connectivity index (χ2n) is 11.2. The third-order valence-electron chi connectivity index (χ3n) is 7.56. The highest BCUT2D eigenvalue weighted by Crippen LogP contribution is 2.29. The lowest BCUT2D eigenvalue weighted by molar-refractivity contribution is -0.145. The number of ether oxygens (including phenoxy) is 2. The van der Waals surface area contributed by atoms with Gasteiger partial charge in [-0.2, -0.15) is 0 Å². The van der Waals surface area contributed by atoms with Crippen LogP contribution in [-0.2, 0) is 30.5 Å². The number of aliphatic hydroxyl groups is 1. The minimum atomic E-state index is -0.651. The maximum absolute atomic E-state index is 13.3. The minimum absolute atomic E-state index is 0.00579. The Labute approximate surface area is 255 Å². The van der Waals surface area contributed by atoms with Gasteiger partial charge in [0.05, 0.1) is 24.1 Å². The monoisotopic (exact) mass is 599 g/mol. The quantitative estimate of drug-likeness (QED) is 0.0928. The summed E-state index contributed by atoms with van der Waals surface area (Å²) in [5, 5.41) is 18.5. The number of hydrogen-bond donors (Lipinski definition) is 4. The topological polar surface area (TPSA) is 143 Å². The van der Waals surface area contributed by atoms with E-state index in [4.69, 9.17) is 9.47 Å². The molecule has 2 atom stereocenters. The van der Waals surface area contributed by atoms with Crippen molar-refractivity contribution in [3.63, 3.8) is 0 Å². The zero-order valence-corrected chi connectivity index (χ0v) is 25.3. The SMILES string of the molecule is C=CCCCC(=O)OC[C@H](CCCCNC(=O)OCc1ccccc1)NC(=O)[C@H](CC=C)CC(=O)NC1(CO)CCCC1. The molecule has 0 saturated heterocycles. The molecule has 1 aliphatic carbocycles. The summed E-state index contributed by atoms with van der Waals surface area (Å²) in [5.74, 6) is -1.61. The predicted molar refractivity (Wildman–Crippen MR) is 165 cm³/mol. The first kappa shape index (κ1) is 35.5. The van der Waals surface area contributed by atoms with E-state index >= 15 is 0 Å². The van der Waals surface area contributed by atoms with Crippen LogP contribution in [0.15, 0.2) is 55.6 Å². The van der Waals surface area contributed by atoms with E-state index in [1.807, 2.05) is 30.3 Å². The Balaban J connectivity index is 1.87. The molecule has 0 bridgehead atoms. The van der Waals surface area contributed by atoms with Gasteiger partial charge in [-0.1, -0.05) is 55.3 Å². The molecule has 0 heterocycles. The number of rotatable bonds is 21. The molecule has 1 saturated carbocycles. The molecule has 1 aliphatic rings. The van der Waals surface area contributed by atoms with Crippen LogP contribution in [0.3, 0.4) is 0 Å². The molecule has 1 aromatic carbocycles. The van der Waals surface area contributed by atoms with Crippen LogP contribution in [0.25, 0.3) is 0 Å². The number of unbranched alkanes of at least 4 members (excludes halogenated alkanes) is 2. The van der Waals surface area contributed by atoms with Gasteiger partial charge in [-0.3, -0.25) is 14.4 Å². The predicted octanol–water partition coefficient (Wildman–Crippen LogP) is 4.47. The van der Waals surface area contributed by atoms with E-state index in [1.54, 1.807) is 12.2 Å². The molecule has 0 unspecified atom stereocenters. The molecule has 10 heteroatoms. The lowest BCUT2D eigenvalue weighted by Gasteiger charge is -2.29. The zero-order chi connectivity index (χ0) is 31.3. The molecular formula is C33H49N3O7. The minimum Gasteiger partial charge on any atom is -0.463 e. The van der Waals surface area contributed by atoms with Crippen LogP contribution in [0.4, 0.5) is 4.79 Å². The maximum Gasteiger partial charge on any atom is 0.407 e. The summed E-state index contributed by atoms with van der Waals surface area (Å²) >= 11 is 0. The van der Waals surface area contributed by atoms with Crippen molar-refractivity contribution in [1.29, 1.82) is 0 Å². The third kappa shape index (κ3) is 14.4. The van der Waals surface area contributed by atoms with Gasteiger partial charge in [0.25, 0.3) is 0 Å². The average molecular weight is 600 g/mol. The van der Waals surface area contributed by atoms with Gasteiger partial charge in [-0.15, -0.1) is 13.2 Å². The summed E-state index contributed by atoms with van der Waals surface area (Å²) in [6.45, 7) is 7.85. The summed E-state index contributed by atoms with van der Waals surface area (Å²) < 4.78 is 10.7. The molecule has 43 heavy (non-hydrogen) atoms. The number of hydrogen-bond acceptors (Lipinski definition) is 7. The zero-order valence-electron chi connectivity index (χ0n) is 25.3. The largest absolute Gasteiger partial charge is 0.463 e. The molecular weight excluding hydrogens is 550 g/mol. The van der Waals surface area contributed by atoms with Gasteiger partial charge in [-0.05, 0) is 56.9 Å². The first-order chi connectivity index (χ1) is 20.8. The van der Waals surface area contributed by atoms with Crippen molar-refractivity contribution in [3.05, 3.63) is 61.2 Å². The summed E-state index contributed by atoms with van der Waals surface area (Å²) in [5.41, 5.74) is 0.283. The van der Waals surface area contributed by atoms with E-state index < -0.39 is 23.6 Å². The fourth-order valence-corrected chi connectivity index (χ4v) is 5.08. The fraction of sp³-hybridized carbons (Fsp3) is 0.576. The third-order valence-corrected chi connectivity index (χ3v) is 7.56. The number of aliphatic hydroxyl groups excluding tert-OH is 1. The van der Waals surface area contributed by atoms with Crippen LogP contribution in [0.2, 0.25) is 0 Å². The number of carbonyl (C=O) groups is 4. The molecule has 0 radical (unpaired) electrons. The number of amides is 3. The molecule has 0 aliphatic heterocycles. The van der Waals surface area contributed by atoms with E-state index in [2.05, 4.69) is 29.1 Å². The van der Waals surface area contributed by atoms with Gasteiger partial charge >= 0.3 is 12.1 Å². The lowest BCUT2D eigenvalue weighted by Crippen LogP contribution is -2.50. The normalized spacial score (nSPS) is 15.0. The first-order valence-electron chi connectivity index (χ1n) is 15.3. The standard InChI is InChI=1S/C33H49N3O7/c1-3-5-7-18-30(39)42-24-28(17-10-13-21-34-32(41)43-23-26-15-8-6-9-16-26)35-31(40)27(14-4-2)22-29(38)36-33(25-37)19-11-12-20-33/h3-4,6,8-9,15-16,27-28,37H,1-2,5,7,10-14,17-25H2,(H,34,41)(H,35,40)(H,36,38)/t27-,28+/m1/s1. The second-order valence-corrected chi connectivity index (χ2v) is 11.2. The van der Waals surface area contributed by atoms with Gasteiger partial charge in [0.2, 0.25) is 11.8 Å². The summed E-state index contributed by atoms with van der Waals surface area (Å²) in [4.78, 5) is 50.3. The molecule has 10 nitrogen and oxygen atoms in total. The van der Waals surface area contributed by atoms with E-state index in [9.17, 15) is 24.3 Å².